The Morgan fingerprint density at radius 1 is 0.805 bits per heavy atom. The van der Waals surface area contributed by atoms with Crippen LogP contribution in [0.25, 0.3) is 0 Å². The lowest BCUT2D eigenvalue weighted by atomic mass is 10.0. The number of aliphatic imine (C=N–C) groups is 1. The second kappa shape index (κ2) is 17.6. The van der Waals surface area contributed by atoms with Crippen LogP contribution in [0.5, 0.6) is 0 Å². The van der Waals surface area contributed by atoms with Crippen LogP contribution in [-0.2, 0) is 14.4 Å². The number of aliphatic hydroxyl groups excluding tert-OH is 1. The van der Waals surface area contributed by atoms with Crippen molar-refractivity contribution in [3.05, 3.63) is 71.8 Å². The van der Waals surface area contributed by atoms with Gasteiger partial charge in [-0.3, -0.25) is 24.7 Å². The number of nitrogens with one attached hydrogen (secondary N) is 3. The number of primary amides is 1. The van der Waals surface area contributed by atoms with E-state index in [1.54, 1.807) is 54.6 Å². The third kappa shape index (κ3) is 11.5. The number of nitrogens with zero attached hydrogens (tertiary/aromatic N) is 1. The maximum absolute atomic E-state index is 13.4. The largest absolute Gasteiger partial charge is 0.376 e. The van der Waals surface area contributed by atoms with E-state index in [0.29, 0.717) is 43.4 Å². The van der Waals surface area contributed by atoms with Gasteiger partial charge in [0.2, 0.25) is 17.7 Å². The number of hydrogen-bond donors (Lipinski definition) is 9. The van der Waals surface area contributed by atoms with Crippen LogP contribution >= 0.6 is 0 Å². The van der Waals surface area contributed by atoms with Crippen LogP contribution in [0.4, 0.5) is 0 Å². The highest BCUT2D eigenvalue weighted by Crippen LogP contribution is 2.17. The Balaban J connectivity index is 2.25. The first-order valence-electron chi connectivity index (χ1n) is 13.6. The topological polar surface area (TPSA) is 250 Å². The highest BCUT2D eigenvalue weighted by molar-refractivity contribution is 5.89. The van der Waals surface area contributed by atoms with Gasteiger partial charge in [-0.05, 0) is 49.8 Å². The average Bonchev–Trinajstić information content (AvgIpc) is 2.96. The summed E-state index contributed by atoms with van der Waals surface area (Å²) in [5, 5.41) is 19.7. The van der Waals surface area contributed by atoms with Crippen molar-refractivity contribution in [2.24, 2.45) is 33.7 Å². The minimum Gasteiger partial charge on any atom is -0.376 e. The van der Waals surface area contributed by atoms with Gasteiger partial charge in [0, 0.05) is 6.54 Å². The van der Waals surface area contributed by atoms with Gasteiger partial charge in [-0.15, -0.1) is 0 Å². The molecule has 0 aliphatic rings. The van der Waals surface area contributed by atoms with Gasteiger partial charge in [-0.2, -0.15) is 0 Å². The van der Waals surface area contributed by atoms with E-state index < -0.39 is 48.1 Å². The van der Waals surface area contributed by atoms with Crippen LogP contribution in [0.15, 0.2) is 65.7 Å². The summed E-state index contributed by atoms with van der Waals surface area (Å²) in [6.45, 7) is 0.710. The lowest BCUT2D eigenvalue weighted by Gasteiger charge is -2.30. The van der Waals surface area contributed by atoms with Crippen molar-refractivity contribution >= 4 is 23.7 Å². The number of guanidine groups is 1. The second-order valence-electron chi connectivity index (χ2n) is 9.66. The zero-order valence-corrected chi connectivity index (χ0v) is 23.1. The summed E-state index contributed by atoms with van der Waals surface area (Å²) in [5.41, 5.74) is 29.2. The molecule has 2 rings (SSSR count). The summed E-state index contributed by atoms with van der Waals surface area (Å²) in [6, 6.07) is 13.6. The number of nitrogens with two attached hydrogens (primary N) is 5. The predicted molar refractivity (Wildman–Crippen MR) is 158 cm³/mol. The Morgan fingerprint density at radius 3 is 1.98 bits per heavy atom. The minimum absolute atomic E-state index is 0.0772. The smallest absolute Gasteiger partial charge is 0.242 e. The van der Waals surface area contributed by atoms with Gasteiger partial charge in [0.1, 0.15) is 24.4 Å². The van der Waals surface area contributed by atoms with Gasteiger partial charge in [-0.25, -0.2) is 0 Å². The average molecular weight is 570 g/mol. The van der Waals surface area contributed by atoms with Crippen LogP contribution in [0.1, 0.15) is 55.3 Å². The molecule has 0 aliphatic carbocycles. The molecule has 3 amide bonds. The van der Waals surface area contributed by atoms with E-state index in [4.69, 9.17) is 28.7 Å². The number of benzene rings is 2. The van der Waals surface area contributed by atoms with Crippen molar-refractivity contribution in [3.63, 3.8) is 0 Å². The molecule has 0 heterocycles. The normalized spacial score (nSPS) is 14.6. The van der Waals surface area contributed by atoms with Crippen molar-refractivity contribution < 1.29 is 19.5 Å². The fraction of sp³-hybridized carbons (Fsp3) is 0.429. The van der Waals surface area contributed by atoms with Gasteiger partial charge in [0.25, 0.3) is 0 Å². The first-order chi connectivity index (χ1) is 19.6. The zero-order chi connectivity index (χ0) is 30.2. The molecule has 0 spiro atoms. The molecule has 0 aliphatic heterocycles. The number of carbonyl (C=O) groups excluding carboxylic acids is 3. The lowest BCUT2D eigenvalue weighted by Crippen LogP contribution is -2.55. The molecule has 13 nitrogen and oxygen atoms in total. The molecule has 41 heavy (non-hydrogen) atoms. The Kier molecular flexibility index (Phi) is 14.2. The SMILES string of the molecule is NCCCC[C@H](NC(=O)[C@@H](NC(O)[C@@H](CCCN=C(N)N)NC(=O)[C@@H](N)c1ccccc1)c1ccccc1)C(N)=O. The number of hydrogen-bond acceptors (Lipinski definition) is 8. The van der Waals surface area contributed by atoms with E-state index in [1.165, 1.54) is 0 Å². The Labute approximate surface area is 240 Å². The highest BCUT2D eigenvalue weighted by atomic mass is 16.3. The molecule has 0 bridgehead atoms. The molecule has 2 aromatic carbocycles. The van der Waals surface area contributed by atoms with E-state index in [9.17, 15) is 19.5 Å². The summed E-state index contributed by atoms with van der Waals surface area (Å²) < 4.78 is 0. The first-order valence-corrected chi connectivity index (χ1v) is 13.6. The lowest BCUT2D eigenvalue weighted by molar-refractivity contribution is -0.130. The van der Waals surface area contributed by atoms with Crippen molar-refractivity contribution in [1.29, 1.82) is 0 Å². The van der Waals surface area contributed by atoms with Gasteiger partial charge in [0.15, 0.2) is 5.96 Å². The maximum atomic E-state index is 13.4. The predicted octanol–water partition coefficient (Wildman–Crippen LogP) is -1.03. The molecular weight excluding hydrogens is 526 g/mol. The molecule has 2 aromatic rings. The third-order valence-electron chi connectivity index (χ3n) is 6.46. The molecule has 0 radical (unpaired) electrons. The van der Waals surface area contributed by atoms with E-state index in [1.807, 2.05) is 6.07 Å². The molecule has 0 fully saturated rings. The Hall–Kier alpha value is -4.04. The molecule has 0 aromatic heterocycles. The van der Waals surface area contributed by atoms with Gasteiger partial charge < -0.3 is 44.4 Å². The molecule has 224 valence electrons. The molecule has 1 unspecified atom stereocenters. The molecular formula is C28H43N9O4. The maximum Gasteiger partial charge on any atom is 0.242 e. The van der Waals surface area contributed by atoms with Gasteiger partial charge >= 0.3 is 0 Å². The number of carbonyl (C=O) groups is 3. The second-order valence-corrected chi connectivity index (χ2v) is 9.66. The Bertz CT molecular complexity index is 1110. The van der Waals surface area contributed by atoms with Crippen LogP contribution in [0.2, 0.25) is 0 Å². The fourth-order valence-corrected chi connectivity index (χ4v) is 4.20. The summed E-state index contributed by atoms with van der Waals surface area (Å²) >= 11 is 0. The molecule has 13 heteroatoms. The quantitative estimate of drug-likeness (QED) is 0.0460. The van der Waals surface area contributed by atoms with E-state index in [0.717, 1.165) is 0 Å². The van der Waals surface area contributed by atoms with Crippen molar-refractivity contribution in [1.82, 2.24) is 16.0 Å². The molecule has 5 atom stereocenters. The van der Waals surface area contributed by atoms with E-state index >= 15 is 0 Å². The van der Waals surface area contributed by atoms with Crippen LogP contribution in [0, 0.1) is 0 Å². The number of amides is 3. The molecule has 0 saturated carbocycles. The van der Waals surface area contributed by atoms with Crippen molar-refractivity contribution in [3.8, 4) is 0 Å². The van der Waals surface area contributed by atoms with E-state index in [2.05, 4.69) is 20.9 Å². The minimum atomic E-state index is -1.40. The van der Waals surface area contributed by atoms with Crippen molar-refractivity contribution in [2.45, 2.75) is 62.5 Å². The van der Waals surface area contributed by atoms with Gasteiger partial charge in [-0.1, -0.05) is 60.7 Å². The van der Waals surface area contributed by atoms with Crippen LogP contribution in [0.3, 0.4) is 0 Å². The number of rotatable bonds is 18. The van der Waals surface area contributed by atoms with Crippen LogP contribution < -0.4 is 44.6 Å². The van der Waals surface area contributed by atoms with Gasteiger partial charge in [0.05, 0.1) is 6.04 Å². The number of aliphatic hydroxyl groups is 1. The summed E-state index contributed by atoms with van der Waals surface area (Å²) in [5.74, 6) is -1.84. The molecule has 0 saturated heterocycles. The Morgan fingerprint density at radius 2 is 1.41 bits per heavy atom. The summed E-state index contributed by atoms with van der Waals surface area (Å²) in [7, 11) is 0. The number of unbranched alkanes of at least 4 members (excludes halogenated alkanes) is 1. The fourth-order valence-electron chi connectivity index (χ4n) is 4.20. The molecule has 14 N–H and O–H groups in total. The monoisotopic (exact) mass is 569 g/mol. The summed E-state index contributed by atoms with van der Waals surface area (Å²) in [6.07, 6.45) is 0.858. The van der Waals surface area contributed by atoms with E-state index in [-0.39, 0.29) is 18.9 Å². The van der Waals surface area contributed by atoms with Crippen molar-refractivity contribution in [2.75, 3.05) is 13.1 Å². The standard InChI is InChI=1S/C28H43N9O4/c29-16-8-7-14-20(24(31)38)35-27(41)23(19-12-5-2-6-13-19)37-25(39)21(15-9-17-34-28(32)33)36-26(40)22(30)18-10-3-1-4-11-18/h1-6,10-13,20-23,25,37,39H,7-9,14-17,29-30H2,(H2,31,38)(H,35,41)(H,36,40)(H4,32,33,34)/t20-,21+,22-,23-,25?/m0/s1. The summed E-state index contributed by atoms with van der Waals surface area (Å²) in [4.78, 5) is 42.5. The van der Waals surface area contributed by atoms with Crippen LogP contribution in [-0.4, -0.2) is 60.2 Å². The first kappa shape index (κ1) is 33.2. The highest BCUT2D eigenvalue weighted by Gasteiger charge is 2.31. The third-order valence-corrected chi connectivity index (χ3v) is 6.46. The zero-order valence-electron chi connectivity index (χ0n) is 23.1.